The zero-order valence-corrected chi connectivity index (χ0v) is 13.3. The fourth-order valence-electron chi connectivity index (χ4n) is 3.81. The quantitative estimate of drug-likeness (QED) is 0.893. The number of nitrogens with one attached hydrogen (secondary N) is 1. The first-order chi connectivity index (χ1) is 10.6. The fourth-order valence-corrected chi connectivity index (χ4v) is 3.81. The summed E-state index contributed by atoms with van der Waals surface area (Å²) in [6, 6.07) is 2.57. The Bertz CT molecular complexity index is 494. The summed E-state index contributed by atoms with van der Waals surface area (Å²) in [6.07, 6.45) is 8.43. The second-order valence-electron chi connectivity index (χ2n) is 7.00. The third kappa shape index (κ3) is 3.06. The molecule has 0 aromatic carbocycles. The normalized spacial score (nSPS) is 29.9. The highest BCUT2D eigenvalue weighted by Gasteiger charge is 2.39. The number of furan rings is 1. The van der Waals surface area contributed by atoms with Gasteiger partial charge in [0.15, 0.2) is 0 Å². The van der Waals surface area contributed by atoms with Crippen LogP contribution in [0.15, 0.2) is 23.0 Å². The van der Waals surface area contributed by atoms with Gasteiger partial charge in [0.25, 0.3) is 5.91 Å². The molecule has 1 aliphatic heterocycles. The number of rotatable bonds is 4. The number of piperidine rings is 1. The summed E-state index contributed by atoms with van der Waals surface area (Å²) in [5, 5.41) is 13.4. The van der Waals surface area contributed by atoms with Crippen LogP contribution in [0.25, 0.3) is 0 Å². The molecule has 2 atom stereocenters. The van der Waals surface area contributed by atoms with Gasteiger partial charge < -0.3 is 19.7 Å². The lowest BCUT2D eigenvalue weighted by molar-refractivity contribution is 0.0677. The molecule has 1 amide bonds. The Balaban J connectivity index is 1.51. The number of aliphatic hydroxyl groups excluding tert-OH is 1. The lowest BCUT2D eigenvalue weighted by Gasteiger charge is -2.37. The molecule has 2 N–H and O–H groups in total. The van der Waals surface area contributed by atoms with Crippen molar-refractivity contribution in [3.63, 3.8) is 0 Å². The zero-order chi connectivity index (χ0) is 15.6. The Morgan fingerprint density at radius 2 is 2.23 bits per heavy atom. The molecule has 1 saturated heterocycles. The van der Waals surface area contributed by atoms with Crippen molar-refractivity contribution in [1.29, 1.82) is 0 Å². The Kier molecular flexibility index (Phi) is 4.54. The number of hydrogen-bond donors (Lipinski definition) is 2. The average Bonchev–Trinajstić information content (AvgIpc) is 3.19. The standard InChI is InChI=1S/C17H26N2O3/c1-17(12-20)7-2-3-15(17)18-14-4-8-19(9-5-14)16(21)13-6-10-22-11-13/h6,10-11,14-15,18,20H,2-5,7-9,12H2,1H3. The number of aliphatic hydroxyl groups is 1. The van der Waals surface area contributed by atoms with E-state index >= 15 is 0 Å². The maximum Gasteiger partial charge on any atom is 0.257 e. The molecule has 5 nitrogen and oxygen atoms in total. The van der Waals surface area contributed by atoms with Gasteiger partial charge in [0, 0.05) is 37.2 Å². The number of amides is 1. The van der Waals surface area contributed by atoms with Crippen LogP contribution in [0.4, 0.5) is 0 Å². The minimum atomic E-state index is 0.0176. The summed E-state index contributed by atoms with van der Waals surface area (Å²) in [5.41, 5.74) is 0.652. The van der Waals surface area contributed by atoms with Crippen LogP contribution >= 0.6 is 0 Å². The Hall–Kier alpha value is -1.33. The number of hydrogen-bond acceptors (Lipinski definition) is 4. The average molecular weight is 306 g/mol. The van der Waals surface area contributed by atoms with E-state index in [2.05, 4.69) is 12.2 Å². The first-order valence-electron chi connectivity index (χ1n) is 8.31. The third-order valence-corrected chi connectivity index (χ3v) is 5.43. The van der Waals surface area contributed by atoms with Crippen molar-refractivity contribution >= 4 is 5.91 Å². The van der Waals surface area contributed by atoms with Crippen LogP contribution in [0.3, 0.4) is 0 Å². The van der Waals surface area contributed by atoms with Gasteiger partial charge in [0.2, 0.25) is 0 Å². The largest absolute Gasteiger partial charge is 0.472 e. The van der Waals surface area contributed by atoms with E-state index in [1.165, 1.54) is 18.9 Å². The molecule has 1 aromatic heterocycles. The summed E-state index contributed by atoms with van der Waals surface area (Å²) in [7, 11) is 0. The molecular formula is C17H26N2O3. The number of nitrogens with zero attached hydrogens (tertiary/aromatic N) is 1. The highest BCUT2D eigenvalue weighted by molar-refractivity contribution is 5.93. The van der Waals surface area contributed by atoms with Crippen molar-refractivity contribution in [3.05, 3.63) is 24.2 Å². The summed E-state index contributed by atoms with van der Waals surface area (Å²) >= 11 is 0. The Morgan fingerprint density at radius 3 is 2.86 bits per heavy atom. The SMILES string of the molecule is CC1(CO)CCCC1NC1CCN(C(=O)c2ccoc2)CC1. The van der Waals surface area contributed by atoms with Gasteiger partial charge in [-0.25, -0.2) is 0 Å². The van der Waals surface area contributed by atoms with E-state index in [4.69, 9.17) is 4.42 Å². The van der Waals surface area contributed by atoms with Gasteiger partial charge in [-0.3, -0.25) is 4.79 Å². The Labute approximate surface area is 131 Å². The predicted molar refractivity (Wildman–Crippen MR) is 83.6 cm³/mol. The molecule has 1 saturated carbocycles. The van der Waals surface area contributed by atoms with Crippen molar-refractivity contribution in [2.45, 2.75) is 51.1 Å². The summed E-state index contributed by atoms with van der Waals surface area (Å²) in [5.74, 6) is 0.0632. The molecule has 0 radical (unpaired) electrons. The van der Waals surface area contributed by atoms with Crippen molar-refractivity contribution in [3.8, 4) is 0 Å². The van der Waals surface area contributed by atoms with E-state index in [1.807, 2.05) is 4.90 Å². The van der Waals surface area contributed by atoms with Crippen LogP contribution in [-0.2, 0) is 0 Å². The van der Waals surface area contributed by atoms with Gasteiger partial charge in [0.1, 0.15) is 6.26 Å². The van der Waals surface area contributed by atoms with E-state index in [0.717, 1.165) is 38.8 Å². The molecule has 5 heteroatoms. The molecule has 0 bridgehead atoms. The molecule has 3 rings (SSSR count). The topological polar surface area (TPSA) is 65.7 Å². The van der Waals surface area contributed by atoms with E-state index in [1.54, 1.807) is 6.07 Å². The molecule has 122 valence electrons. The fraction of sp³-hybridized carbons (Fsp3) is 0.706. The number of carbonyl (C=O) groups excluding carboxylic acids is 1. The van der Waals surface area contributed by atoms with Crippen LogP contribution in [0, 0.1) is 5.41 Å². The number of likely N-dealkylation sites (tertiary alicyclic amines) is 1. The van der Waals surface area contributed by atoms with Crippen LogP contribution in [0.5, 0.6) is 0 Å². The molecule has 22 heavy (non-hydrogen) atoms. The van der Waals surface area contributed by atoms with E-state index < -0.39 is 0 Å². The van der Waals surface area contributed by atoms with Crippen LogP contribution in [0.2, 0.25) is 0 Å². The van der Waals surface area contributed by atoms with Crippen molar-refractivity contribution in [1.82, 2.24) is 10.2 Å². The van der Waals surface area contributed by atoms with E-state index in [0.29, 0.717) is 17.6 Å². The van der Waals surface area contributed by atoms with Crippen molar-refractivity contribution in [2.24, 2.45) is 5.41 Å². The molecule has 1 aromatic rings. The summed E-state index contributed by atoms with van der Waals surface area (Å²) < 4.78 is 4.99. The molecule has 1 aliphatic carbocycles. The lowest BCUT2D eigenvalue weighted by atomic mass is 9.85. The Morgan fingerprint density at radius 1 is 1.45 bits per heavy atom. The highest BCUT2D eigenvalue weighted by Crippen LogP contribution is 2.38. The van der Waals surface area contributed by atoms with E-state index in [-0.39, 0.29) is 17.9 Å². The van der Waals surface area contributed by atoms with Gasteiger partial charge in [-0.2, -0.15) is 0 Å². The minimum Gasteiger partial charge on any atom is -0.472 e. The number of carbonyl (C=O) groups is 1. The molecule has 2 aliphatic rings. The molecule has 2 heterocycles. The second-order valence-corrected chi connectivity index (χ2v) is 7.00. The maximum atomic E-state index is 12.3. The van der Waals surface area contributed by atoms with Gasteiger partial charge >= 0.3 is 0 Å². The predicted octanol–water partition coefficient (Wildman–Crippen LogP) is 2.02. The summed E-state index contributed by atoms with van der Waals surface area (Å²) in [4.78, 5) is 14.2. The maximum absolute atomic E-state index is 12.3. The van der Waals surface area contributed by atoms with Crippen LogP contribution < -0.4 is 5.32 Å². The van der Waals surface area contributed by atoms with Gasteiger partial charge in [-0.15, -0.1) is 0 Å². The van der Waals surface area contributed by atoms with Crippen LogP contribution in [-0.4, -0.2) is 47.7 Å². The van der Waals surface area contributed by atoms with Gasteiger partial charge in [-0.1, -0.05) is 13.3 Å². The third-order valence-electron chi connectivity index (χ3n) is 5.43. The first kappa shape index (κ1) is 15.6. The second kappa shape index (κ2) is 6.42. The minimum absolute atomic E-state index is 0.0176. The smallest absolute Gasteiger partial charge is 0.257 e. The summed E-state index contributed by atoms with van der Waals surface area (Å²) in [6.45, 7) is 3.99. The molecule has 0 spiro atoms. The van der Waals surface area contributed by atoms with E-state index in [9.17, 15) is 9.90 Å². The first-order valence-corrected chi connectivity index (χ1v) is 8.31. The molecule has 2 unspecified atom stereocenters. The molecular weight excluding hydrogens is 280 g/mol. The lowest BCUT2D eigenvalue weighted by Crippen LogP contribution is -2.51. The zero-order valence-electron chi connectivity index (χ0n) is 13.3. The van der Waals surface area contributed by atoms with Crippen LogP contribution in [0.1, 0.15) is 49.4 Å². The highest BCUT2D eigenvalue weighted by atomic mass is 16.3. The van der Waals surface area contributed by atoms with Gasteiger partial charge in [0.05, 0.1) is 11.8 Å². The monoisotopic (exact) mass is 306 g/mol. The van der Waals surface area contributed by atoms with Crippen molar-refractivity contribution in [2.75, 3.05) is 19.7 Å². The van der Waals surface area contributed by atoms with Crippen molar-refractivity contribution < 1.29 is 14.3 Å². The van der Waals surface area contributed by atoms with Gasteiger partial charge in [-0.05, 0) is 31.7 Å². The molecule has 2 fully saturated rings.